The Balaban J connectivity index is 1.87. The SMILES string of the molecule is CN(C)CCOc1cccc(CNC(=O)c2ccc(N)cc2)c1. The molecule has 0 aromatic heterocycles. The molecule has 2 aromatic rings. The highest BCUT2D eigenvalue weighted by Crippen LogP contribution is 2.13. The summed E-state index contributed by atoms with van der Waals surface area (Å²) in [6, 6.07) is 14.6. The number of rotatable bonds is 7. The second-order valence-electron chi connectivity index (χ2n) is 5.60. The molecule has 0 atom stereocenters. The smallest absolute Gasteiger partial charge is 0.251 e. The van der Waals surface area contributed by atoms with Gasteiger partial charge in [-0.3, -0.25) is 4.79 Å². The van der Waals surface area contributed by atoms with Crippen LogP contribution >= 0.6 is 0 Å². The van der Waals surface area contributed by atoms with Crippen LogP contribution < -0.4 is 15.8 Å². The van der Waals surface area contributed by atoms with Crippen LogP contribution in [-0.2, 0) is 6.54 Å². The van der Waals surface area contributed by atoms with E-state index in [4.69, 9.17) is 10.5 Å². The summed E-state index contributed by atoms with van der Waals surface area (Å²) >= 11 is 0. The van der Waals surface area contributed by atoms with Crippen LogP contribution in [0.5, 0.6) is 5.75 Å². The number of amides is 1. The van der Waals surface area contributed by atoms with Crippen LogP contribution in [0.2, 0.25) is 0 Å². The maximum absolute atomic E-state index is 12.1. The molecule has 0 unspecified atom stereocenters. The number of nitrogen functional groups attached to an aromatic ring is 1. The van der Waals surface area contributed by atoms with Gasteiger partial charge in [0.05, 0.1) is 0 Å². The first-order valence-electron chi connectivity index (χ1n) is 7.55. The van der Waals surface area contributed by atoms with E-state index in [9.17, 15) is 4.79 Å². The van der Waals surface area contributed by atoms with Crippen molar-refractivity contribution in [1.29, 1.82) is 0 Å². The number of carbonyl (C=O) groups excluding carboxylic acids is 1. The van der Waals surface area contributed by atoms with Crippen molar-refractivity contribution in [1.82, 2.24) is 10.2 Å². The Bertz CT molecular complexity index is 639. The van der Waals surface area contributed by atoms with Crippen LogP contribution in [0.3, 0.4) is 0 Å². The summed E-state index contributed by atoms with van der Waals surface area (Å²) in [6.45, 7) is 1.94. The standard InChI is InChI=1S/C18H23N3O2/c1-21(2)10-11-23-17-5-3-4-14(12-17)13-20-18(22)15-6-8-16(19)9-7-15/h3-9,12H,10-11,13,19H2,1-2H3,(H,20,22). The lowest BCUT2D eigenvalue weighted by Crippen LogP contribution is -2.22. The predicted octanol–water partition coefficient (Wildman–Crippen LogP) is 2.14. The van der Waals surface area contributed by atoms with Gasteiger partial charge in [-0.25, -0.2) is 0 Å². The zero-order valence-corrected chi connectivity index (χ0v) is 13.6. The van der Waals surface area contributed by atoms with Crippen LogP contribution in [0.4, 0.5) is 5.69 Å². The van der Waals surface area contributed by atoms with Gasteiger partial charge in [0.2, 0.25) is 0 Å². The molecule has 2 aromatic carbocycles. The van der Waals surface area contributed by atoms with E-state index in [0.29, 0.717) is 24.4 Å². The van der Waals surface area contributed by atoms with Crippen LogP contribution in [0.25, 0.3) is 0 Å². The maximum atomic E-state index is 12.1. The van der Waals surface area contributed by atoms with Gasteiger partial charge < -0.3 is 20.7 Å². The van der Waals surface area contributed by atoms with Gasteiger partial charge in [-0.15, -0.1) is 0 Å². The van der Waals surface area contributed by atoms with Gasteiger partial charge in [0.15, 0.2) is 0 Å². The predicted molar refractivity (Wildman–Crippen MR) is 92.5 cm³/mol. The molecule has 0 saturated heterocycles. The summed E-state index contributed by atoms with van der Waals surface area (Å²) in [4.78, 5) is 14.1. The molecule has 23 heavy (non-hydrogen) atoms. The Morgan fingerprint density at radius 2 is 1.91 bits per heavy atom. The topological polar surface area (TPSA) is 67.6 Å². The fourth-order valence-electron chi connectivity index (χ4n) is 2.01. The first-order chi connectivity index (χ1) is 11.0. The molecular weight excluding hydrogens is 290 g/mol. The Kier molecular flexibility index (Phi) is 6.00. The number of nitrogens with two attached hydrogens (primary N) is 1. The average molecular weight is 313 g/mol. The van der Waals surface area contributed by atoms with Gasteiger partial charge in [-0.1, -0.05) is 12.1 Å². The quantitative estimate of drug-likeness (QED) is 0.769. The van der Waals surface area contributed by atoms with E-state index in [2.05, 4.69) is 10.2 Å². The van der Waals surface area contributed by atoms with Crippen LogP contribution in [0, 0.1) is 0 Å². The first kappa shape index (κ1) is 16.8. The van der Waals surface area contributed by atoms with E-state index < -0.39 is 0 Å². The third kappa shape index (κ3) is 5.64. The molecule has 122 valence electrons. The van der Waals surface area contributed by atoms with Crippen molar-refractivity contribution in [3.63, 3.8) is 0 Å². The summed E-state index contributed by atoms with van der Waals surface area (Å²) < 4.78 is 5.69. The van der Waals surface area contributed by atoms with Gasteiger partial charge in [-0.05, 0) is 56.1 Å². The highest BCUT2D eigenvalue weighted by Gasteiger charge is 2.05. The molecule has 0 aliphatic heterocycles. The van der Waals surface area contributed by atoms with E-state index in [1.165, 1.54) is 0 Å². The van der Waals surface area contributed by atoms with Crippen LogP contribution in [-0.4, -0.2) is 38.1 Å². The van der Waals surface area contributed by atoms with E-state index in [1.807, 2.05) is 38.4 Å². The summed E-state index contributed by atoms with van der Waals surface area (Å²) in [5, 5.41) is 2.89. The van der Waals surface area contributed by atoms with Crippen molar-refractivity contribution < 1.29 is 9.53 Å². The Labute approximate surface area is 137 Å². The Morgan fingerprint density at radius 3 is 2.61 bits per heavy atom. The van der Waals surface area contributed by atoms with Crippen molar-refractivity contribution in [3.05, 3.63) is 59.7 Å². The van der Waals surface area contributed by atoms with Gasteiger partial charge in [0, 0.05) is 24.3 Å². The number of nitrogens with one attached hydrogen (secondary N) is 1. The third-order valence-corrected chi connectivity index (χ3v) is 3.33. The molecule has 0 radical (unpaired) electrons. The molecule has 0 saturated carbocycles. The first-order valence-corrected chi connectivity index (χ1v) is 7.55. The summed E-state index contributed by atoms with van der Waals surface area (Å²) in [5.74, 6) is 0.690. The van der Waals surface area contributed by atoms with Gasteiger partial charge in [0.25, 0.3) is 5.91 Å². The second-order valence-corrected chi connectivity index (χ2v) is 5.60. The third-order valence-electron chi connectivity index (χ3n) is 3.33. The van der Waals surface area contributed by atoms with E-state index in [0.717, 1.165) is 17.9 Å². The minimum Gasteiger partial charge on any atom is -0.492 e. The molecule has 2 rings (SSSR count). The molecule has 0 aliphatic rings. The average Bonchev–Trinajstić information content (AvgIpc) is 2.53. The lowest BCUT2D eigenvalue weighted by atomic mass is 10.1. The number of ether oxygens (including phenoxy) is 1. The molecule has 0 spiro atoms. The zero-order valence-electron chi connectivity index (χ0n) is 13.6. The van der Waals surface area contributed by atoms with Crippen molar-refractivity contribution in [2.24, 2.45) is 0 Å². The lowest BCUT2D eigenvalue weighted by molar-refractivity contribution is 0.0951. The van der Waals surface area contributed by atoms with Crippen LogP contribution in [0.1, 0.15) is 15.9 Å². The fraction of sp³-hybridized carbons (Fsp3) is 0.278. The minimum absolute atomic E-state index is 0.121. The summed E-state index contributed by atoms with van der Waals surface area (Å²) in [5.41, 5.74) is 7.85. The monoisotopic (exact) mass is 313 g/mol. The minimum atomic E-state index is -0.121. The maximum Gasteiger partial charge on any atom is 0.251 e. The van der Waals surface area contributed by atoms with Crippen molar-refractivity contribution >= 4 is 11.6 Å². The largest absolute Gasteiger partial charge is 0.492 e. The molecule has 0 aliphatic carbocycles. The number of benzene rings is 2. The number of nitrogens with zero attached hydrogens (tertiary/aromatic N) is 1. The van der Waals surface area contributed by atoms with Gasteiger partial charge in [-0.2, -0.15) is 0 Å². The molecule has 0 bridgehead atoms. The highest BCUT2D eigenvalue weighted by molar-refractivity contribution is 5.94. The molecule has 0 fully saturated rings. The normalized spacial score (nSPS) is 10.6. The molecule has 1 amide bonds. The number of carbonyl (C=O) groups is 1. The van der Waals surface area contributed by atoms with Crippen LogP contribution in [0.15, 0.2) is 48.5 Å². The number of anilines is 1. The van der Waals surface area contributed by atoms with Crippen molar-refractivity contribution in [2.75, 3.05) is 33.0 Å². The zero-order chi connectivity index (χ0) is 16.7. The Hall–Kier alpha value is -2.53. The molecule has 0 heterocycles. The number of hydrogen-bond acceptors (Lipinski definition) is 4. The van der Waals surface area contributed by atoms with Crippen molar-refractivity contribution in [3.8, 4) is 5.75 Å². The van der Waals surface area contributed by atoms with Crippen molar-refractivity contribution in [2.45, 2.75) is 6.54 Å². The summed E-state index contributed by atoms with van der Waals surface area (Å²) in [6.07, 6.45) is 0. The van der Waals surface area contributed by atoms with E-state index >= 15 is 0 Å². The molecular formula is C18H23N3O2. The van der Waals surface area contributed by atoms with Gasteiger partial charge in [0.1, 0.15) is 12.4 Å². The highest BCUT2D eigenvalue weighted by atomic mass is 16.5. The fourth-order valence-corrected chi connectivity index (χ4v) is 2.01. The molecule has 5 nitrogen and oxygen atoms in total. The Morgan fingerprint density at radius 1 is 1.17 bits per heavy atom. The second kappa shape index (κ2) is 8.19. The molecule has 5 heteroatoms. The van der Waals surface area contributed by atoms with Gasteiger partial charge >= 0.3 is 0 Å². The number of hydrogen-bond donors (Lipinski definition) is 2. The summed E-state index contributed by atoms with van der Waals surface area (Å²) in [7, 11) is 4.01. The van der Waals surface area contributed by atoms with E-state index in [1.54, 1.807) is 24.3 Å². The number of likely N-dealkylation sites (N-methyl/N-ethyl adjacent to an activating group) is 1. The lowest BCUT2D eigenvalue weighted by Gasteiger charge is -2.12. The molecule has 3 N–H and O–H groups in total. The van der Waals surface area contributed by atoms with E-state index in [-0.39, 0.29) is 5.91 Å².